The first-order valence-corrected chi connectivity index (χ1v) is 11.4. The predicted octanol–water partition coefficient (Wildman–Crippen LogP) is 5.29. The van der Waals surface area contributed by atoms with E-state index in [4.69, 9.17) is 11.6 Å². The minimum atomic E-state index is -0.597. The topological polar surface area (TPSA) is 61.4 Å². The van der Waals surface area contributed by atoms with E-state index in [0.717, 1.165) is 40.9 Å². The average Bonchev–Trinajstić information content (AvgIpc) is 2.63. The van der Waals surface area contributed by atoms with Crippen LogP contribution in [-0.4, -0.2) is 30.0 Å². The Balaban J connectivity index is 0.000000202. The summed E-state index contributed by atoms with van der Waals surface area (Å²) in [5.74, 6) is 3.94. The molecule has 158 valence electrons. The smallest absolute Gasteiger partial charge is 0.140 e. The molecule has 0 aliphatic heterocycles. The first-order chi connectivity index (χ1) is 13.1. The maximum Gasteiger partial charge on any atom is 0.140 e. The fourth-order valence-electron chi connectivity index (χ4n) is 4.72. The highest BCUT2D eigenvalue weighted by atomic mass is 35.5. The lowest BCUT2D eigenvalue weighted by atomic mass is 9.63. The largest absolute Gasteiger partial charge is 0.506 e. The van der Waals surface area contributed by atoms with Crippen LogP contribution in [0, 0.1) is 23.7 Å². The van der Waals surface area contributed by atoms with Crippen LogP contribution >= 0.6 is 23.5 Å². The molecule has 0 amide bonds. The van der Waals surface area contributed by atoms with Gasteiger partial charge in [0.2, 0.25) is 0 Å². The fraction of sp³-hybridized carbons (Fsp3) is 0.682. The Bertz CT molecular complexity index is 651. The first-order valence-electron chi connectivity index (χ1n) is 10.2. The quantitative estimate of drug-likeness (QED) is 0.441. The third kappa shape index (κ3) is 6.65. The van der Waals surface area contributed by atoms with Crippen LogP contribution < -0.4 is 10.0 Å². The molecular weight excluding hydrogens is 392 g/mol. The number of aldehydes is 1. The lowest BCUT2D eigenvalue weighted by Crippen LogP contribution is -2.47. The van der Waals surface area contributed by atoms with Crippen molar-refractivity contribution in [3.63, 3.8) is 0 Å². The van der Waals surface area contributed by atoms with Crippen LogP contribution in [0.2, 0.25) is 5.02 Å². The number of aromatic hydroxyl groups is 1. The summed E-state index contributed by atoms with van der Waals surface area (Å²) >= 11 is 6.94. The van der Waals surface area contributed by atoms with E-state index in [0.29, 0.717) is 5.02 Å². The molecule has 0 saturated heterocycles. The van der Waals surface area contributed by atoms with Gasteiger partial charge in [-0.2, -0.15) is 0 Å². The van der Waals surface area contributed by atoms with Crippen molar-refractivity contribution >= 4 is 29.8 Å². The summed E-state index contributed by atoms with van der Waals surface area (Å²) in [6.45, 7) is 8.39. The van der Waals surface area contributed by atoms with Crippen molar-refractivity contribution in [3.05, 3.63) is 23.2 Å². The van der Waals surface area contributed by atoms with Crippen LogP contribution in [0.15, 0.2) is 23.1 Å². The van der Waals surface area contributed by atoms with Crippen molar-refractivity contribution in [2.45, 2.75) is 69.9 Å². The molecule has 0 spiro atoms. The molecule has 5 atom stereocenters. The van der Waals surface area contributed by atoms with Crippen LogP contribution in [-0.2, 0) is 4.79 Å². The minimum absolute atomic E-state index is 0.0346. The molecule has 0 aromatic heterocycles. The lowest BCUT2D eigenvalue weighted by molar-refractivity contribution is -0.111. The molecular formula is C22H35ClN2O2S. The van der Waals surface area contributed by atoms with Gasteiger partial charge in [-0.3, -0.25) is 0 Å². The average molecular weight is 427 g/mol. The maximum absolute atomic E-state index is 10.6. The third-order valence-electron chi connectivity index (χ3n) is 5.88. The van der Waals surface area contributed by atoms with Gasteiger partial charge in [-0.25, -0.2) is 4.72 Å². The number of phenolic OH excluding ortho intramolecular Hbond substituents is 1. The molecule has 4 nitrogen and oxygen atoms in total. The molecule has 2 aliphatic rings. The molecule has 0 heterocycles. The fourth-order valence-corrected chi connectivity index (χ4v) is 5.57. The second-order valence-corrected chi connectivity index (χ2v) is 10.4. The van der Waals surface area contributed by atoms with E-state index < -0.39 is 5.54 Å². The zero-order valence-corrected chi connectivity index (χ0v) is 19.2. The zero-order valence-electron chi connectivity index (χ0n) is 17.7. The Morgan fingerprint density at radius 1 is 1.21 bits per heavy atom. The Hall–Kier alpha value is -0.750. The van der Waals surface area contributed by atoms with Gasteiger partial charge in [-0.05, 0) is 100 Å². The van der Waals surface area contributed by atoms with Gasteiger partial charge in [0.15, 0.2) is 0 Å². The summed E-state index contributed by atoms with van der Waals surface area (Å²) in [4.78, 5) is 11.4. The molecule has 3 N–H and O–H groups in total. The van der Waals surface area contributed by atoms with Crippen molar-refractivity contribution in [3.8, 4) is 5.75 Å². The molecule has 1 aromatic carbocycles. The molecule has 2 saturated carbocycles. The van der Waals surface area contributed by atoms with Crippen LogP contribution in [0.1, 0.15) is 53.4 Å². The van der Waals surface area contributed by atoms with E-state index in [-0.39, 0.29) is 5.75 Å². The minimum Gasteiger partial charge on any atom is -0.506 e. The van der Waals surface area contributed by atoms with Gasteiger partial charge in [0, 0.05) is 10.9 Å². The number of nitrogens with one attached hydrogen (secondary N) is 2. The zero-order chi connectivity index (χ0) is 20.9. The normalized spacial score (nSPS) is 29.6. The number of carbonyl (C=O) groups is 1. The summed E-state index contributed by atoms with van der Waals surface area (Å²) in [6, 6.07) is 5.72. The van der Waals surface area contributed by atoms with E-state index in [1.54, 1.807) is 32.0 Å². The number of fused-ring (bicyclic) bond motifs is 2. The highest BCUT2D eigenvalue weighted by Gasteiger charge is 2.38. The van der Waals surface area contributed by atoms with E-state index in [1.165, 1.54) is 37.6 Å². The highest BCUT2D eigenvalue weighted by molar-refractivity contribution is 7.97. The van der Waals surface area contributed by atoms with E-state index in [9.17, 15) is 9.90 Å². The molecule has 2 aliphatic carbocycles. The SMILES string of the molecule is CC(C)(C=O)NSc1ccc(Cl)c(O)c1.CNC1C(C)CC2CC(C)CC1C2. The van der Waals surface area contributed by atoms with Crippen molar-refractivity contribution in [1.29, 1.82) is 0 Å². The summed E-state index contributed by atoms with van der Waals surface area (Å²) in [5, 5.41) is 13.2. The second kappa shape index (κ2) is 10.3. The van der Waals surface area contributed by atoms with Crippen molar-refractivity contribution in [1.82, 2.24) is 10.0 Å². The summed E-state index contributed by atoms with van der Waals surface area (Å²) < 4.78 is 2.97. The molecule has 2 bridgehead atoms. The molecule has 2 fully saturated rings. The van der Waals surface area contributed by atoms with Crippen LogP contribution in [0.5, 0.6) is 5.75 Å². The van der Waals surface area contributed by atoms with Gasteiger partial charge in [-0.1, -0.05) is 25.4 Å². The van der Waals surface area contributed by atoms with E-state index in [2.05, 4.69) is 30.9 Å². The Morgan fingerprint density at radius 3 is 2.54 bits per heavy atom. The highest BCUT2D eigenvalue weighted by Crippen LogP contribution is 2.44. The molecule has 3 rings (SSSR count). The lowest BCUT2D eigenvalue weighted by Gasteiger charge is -2.46. The number of rotatable bonds is 5. The van der Waals surface area contributed by atoms with Gasteiger partial charge < -0.3 is 15.2 Å². The van der Waals surface area contributed by atoms with Crippen LogP contribution in [0.25, 0.3) is 0 Å². The standard InChI is InChI=1S/C12H23N.C10H12ClNO2S/c1-8-4-10-6-9(2)12(13-3)11(5-8)7-10;1-10(2,6-13)12-15-7-3-4-8(11)9(14)5-7/h8-13H,4-7H2,1-3H3;3-6,12,14H,1-2H3. The summed E-state index contributed by atoms with van der Waals surface area (Å²) in [6.07, 6.45) is 6.76. The van der Waals surface area contributed by atoms with Gasteiger partial charge in [0.05, 0.1) is 10.6 Å². The van der Waals surface area contributed by atoms with Crippen molar-refractivity contribution < 1.29 is 9.90 Å². The van der Waals surface area contributed by atoms with Crippen molar-refractivity contribution in [2.75, 3.05) is 7.05 Å². The Morgan fingerprint density at radius 2 is 1.93 bits per heavy atom. The molecule has 0 radical (unpaired) electrons. The van der Waals surface area contributed by atoms with Gasteiger partial charge >= 0.3 is 0 Å². The number of hydrogen-bond donors (Lipinski definition) is 3. The second-order valence-electron chi connectivity index (χ2n) is 9.12. The van der Waals surface area contributed by atoms with Crippen molar-refractivity contribution in [2.24, 2.45) is 23.7 Å². The van der Waals surface area contributed by atoms with Crippen LogP contribution in [0.3, 0.4) is 0 Å². The third-order valence-corrected chi connectivity index (χ3v) is 7.32. The van der Waals surface area contributed by atoms with E-state index >= 15 is 0 Å². The Labute approximate surface area is 179 Å². The van der Waals surface area contributed by atoms with Crippen LogP contribution in [0.4, 0.5) is 0 Å². The summed E-state index contributed by atoms with van der Waals surface area (Å²) in [7, 11) is 2.14. The van der Waals surface area contributed by atoms with E-state index in [1.807, 2.05) is 0 Å². The number of hydrogen-bond acceptors (Lipinski definition) is 5. The summed E-state index contributed by atoms with van der Waals surface area (Å²) in [5.41, 5.74) is -0.597. The van der Waals surface area contributed by atoms with Gasteiger partial charge in [-0.15, -0.1) is 0 Å². The Kier molecular flexibility index (Phi) is 8.68. The number of carbonyl (C=O) groups excluding carboxylic acids is 1. The number of phenols is 1. The monoisotopic (exact) mass is 426 g/mol. The molecule has 28 heavy (non-hydrogen) atoms. The molecule has 5 unspecified atom stereocenters. The predicted molar refractivity (Wildman–Crippen MR) is 119 cm³/mol. The first kappa shape index (κ1) is 23.5. The van der Waals surface area contributed by atoms with Gasteiger partial charge in [0.1, 0.15) is 12.0 Å². The maximum atomic E-state index is 10.6. The number of halogens is 1. The number of benzene rings is 1. The van der Waals surface area contributed by atoms with Gasteiger partial charge in [0.25, 0.3) is 0 Å². The molecule has 1 aromatic rings. The molecule has 6 heteroatoms.